The molecule has 2 aliphatic rings. The number of nitrogens with zero attached hydrogens (tertiary/aromatic N) is 3. The smallest absolute Gasteiger partial charge is 0.288 e. The highest BCUT2D eigenvalue weighted by Gasteiger charge is 2.38. The first kappa shape index (κ1) is 33.0. The highest BCUT2D eigenvalue weighted by molar-refractivity contribution is 6.36. The van der Waals surface area contributed by atoms with Gasteiger partial charge in [-0.3, -0.25) is 43.9 Å². The molecule has 2 aliphatic carbocycles. The fourth-order valence-electron chi connectivity index (χ4n) is 6.32. The van der Waals surface area contributed by atoms with Crippen LogP contribution in [0.1, 0.15) is 62.2 Å². The normalized spacial score (nSPS) is 21.1. The van der Waals surface area contributed by atoms with E-state index in [1.54, 1.807) is 0 Å². The Morgan fingerprint density at radius 1 is 1.16 bits per heavy atom. The van der Waals surface area contributed by atoms with Gasteiger partial charge < -0.3 is 25.8 Å². The Morgan fingerprint density at radius 2 is 1.93 bits per heavy atom. The number of ketones is 1. The summed E-state index contributed by atoms with van der Waals surface area (Å²) in [5, 5.41) is 21.2. The average molecular weight is 624 g/mol. The lowest BCUT2D eigenvalue weighted by Gasteiger charge is -2.44. The number of likely N-dealkylation sites (N-methyl/N-ethyl adjacent to an activating group) is 1. The molecule has 240 valence electrons. The van der Waals surface area contributed by atoms with E-state index in [-0.39, 0.29) is 36.2 Å². The van der Waals surface area contributed by atoms with E-state index in [4.69, 9.17) is 0 Å². The first-order chi connectivity index (χ1) is 21.5. The zero-order valence-electron chi connectivity index (χ0n) is 25.1. The van der Waals surface area contributed by atoms with Gasteiger partial charge in [-0.1, -0.05) is 19.8 Å². The summed E-state index contributed by atoms with van der Waals surface area (Å²) in [6, 6.07) is 2.40. The van der Waals surface area contributed by atoms with Crippen molar-refractivity contribution in [3.8, 4) is 0 Å². The number of nitro groups is 1. The first-order valence-corrected chi connectivity index (χ1v) is 14.9. The summed E-state index contributed by atoms with van der Waals surface area (Å²) < 4.78 is 1.17. The van der Waals surface area contributed by atoms with Gasteiger partial charge >= 0.3 is 0 Å². The third-order valence-corrected chi connectivity index (χ3v) is 8.53. The van der Waals surface area contributed by atoms with Crippen molar-refractivity contribution in [3.63, 3.8) is 0 Å². The maximum Gasteiger partial charge on any atom is 0.288 e. The van der Waals surface area contributed by atoms with Gasteiger partial charge in [-0.2, -0.15) is 0 Å². The molecule has 2 heterocycles. The van der Waals surface area contributed by atoms with Crippen LogP contribution in [-0.4, -0.2) is 63.0 Å². The van der Waals surface area contributed by atoms with Crippen LogP contribution >= 0.6 is 0 Å². The van der Waals surface area contributed by atoms with Crippen molar-refractivity contribution < 1.29 is 28.9 Å². The van der Waals surface area contributed by atoms with E-state index in [1.165, 1.54) is 36.4 Å². The predicted octanol–water partition coefficient (Wildman–Crippen LogP) is 1.31. The fourth-order valence-corrected chi connectivity index (χ4v) is 6.32. The number of aromatic nitrogens is 2. The Labute approximate surface area is 258 Å². The molecule has 0 aliphatic heterocycles. The molecule has 15 heteroatoms. The van der Waals surface area contributed by atoms with Gasteiger partial charge in [0, 0.05) is 38.0 Å². The van der Waals surface area contributed by atoms with Crippen LogP contribution in [0.4, 0.5) is 11.4 Å². The number of carbonyl (C=O) groups is 5. The van der Waals surface area contributed by atoms with Crippen LogP contribution < -0.4 is 26.8 Å². The zero-order valence-corrected chi connectivity index (χ0v) is 25.1. The van der Waals surface area contributed by atoms with Crippen LogP contribution in [0.25, 0.3) is 0 Å². The van der Waals surface area contributed by atoms with Crippen molar-refractivity contribution in [1.82, 2.24) is 25.5 Å². The molecule has 2 aromatic heterocycles. The zero-order chi connectivity index (χ0) is 32.7. The largest absolute Gasteiger partial charge is 0.353 e. The van der Waals surface area contributed by atoms with Crippen molar-refractivity contribution in [2.24, 2.45) is 17.8 Å². The molecule has 0 radical (unpaired) electrons. The average Bonchev–Trinajstić information content (AvgIpc) is 3.02. The number of fused-ring (bicyclic) bond motifs is 2. The molecule has 4 amide bonds. The van der Waals surface area contributed by atoms with Crippen molar-refractivity contribution in [1.29, 1.82) is 0 Å². The second kappa shape index (κ2) is 14.7. The lowest BCUT2D eigenvalue weighted by molar-refractivity contribution is -0.385. The second-order valence-corrected chi connectivity index (χ2v) is 11.7. The number of nitrogens with one attached hydrogen (secondary N) is 4. The van der Waals surface area contributed by atoms with Gasteiger partial charge in [0.25, 0.3) is 23.1 Å². The van der Waals surface area contributed by atoms with E-state index in [1.807, 2.05) is 0 Å². The number of rotatable bonds is 12. The Morgan fingerprint density at radius 3 is 2.67 bits per heavy atom. The molecular formula is C30H37N7O8. The maximum absolute atomic E-state index is 13.3. The second-order valence-electron chi connectivity index (χ2n) is 11.7. The molecular weight excluding hydrogens is 586 g/mol. The Balaban J connectivity index is 1.46. The number of carbonyl (C=O) groups excluding carboxylic acids is 5. The molecule has 2 fully saturated rings. The van der Waals surface area contributed by atoms with E-state index in [0.29, 0.717) is 17.8 Å². The van der Waals surface area contributed by atoms with Gasteiger partial charge in [0.2, 0.25) is 17.6 Å². The predicted molar refractivity (Wildman–Crippen MR) is 161 cm³/mol. The fraction of sp³-hybridized carbons (Fsp3) is 0.500. The molecule has 0 spiro atoms. The Kier molecular flexibility index (Phi) is 10.8. The molecule has 0 saturated heterocycles. The van der Waals surface area contributed by atoms with Crippen LogP contribution in [0.3, 0.4) is 0 Å². The highest BCUT2D eigenvalue weighted by Crippen LogP contribution is 2.42. The number of amides is 4. The van der Waals surface area contributed by atoms with Crippen molar-refractivity contribution in [2.75, 3.05) is 12.4 Å². The number of anilines is 1. The van der Waals surface area contributed by atoms with E-state index in [0.717, 1.165) is 44.1 Å². The Bertz CT molecular complexity index is 1540. The molecule has 15 nitrogen and oxygen atoms in total. The van der Waals surface area contributed by atoms with Gasteiger partial charge in [0.05, 0.1) is 10.5 Å². The molecule has 2 bridgehead atoms. The molecule has 5 atom stereocenters. The summed E-state index contributed by atoms with van der Waals surface area (Å²) in [5.41, 5.74) is -1.51. The van der Waals surface area contributed by atoms with E-state index >= 15 is 0 Å². The quantitative estimate of drug-likeness (QED) is 0.152. The van der Waals surface area contributed by atoms with Crippen LogP contribution in [0.5, 0.6) is 0 Å². The summed E-state index contributed by atoms with van der Waals surface area (Å²) in [7, 11) is 1.27. The lowest BCUT2D eigenvalue weighted by Crippen LogP contribution is -2.50. The van der Waals surface area contributed by atoms with Crippen LogP contribution in [-0.2, 0) is 25.7 Å². The van der Waals surface area contributed by atoms with E-state index in [9.17, 15) is 38.9 Å². The summed E-state index contributed by atoms with van der Waals surface area (Å²) in [6.45, 7) is 1.88. The highest BCUT2D eigenvalue weighted by atomic mass is 16.6. The minimum absolute atomic E-state index is 0.0377. The molecule has 4 N–H and O–H groups in total. The minimum Gasteiger partial charge on any atom is -0.353 e. The van der Waals surface area contributed by atoms with Crippen molar-refractivity contribution in [3.05, 3.63) is 62.8 Å². The molecule has 2 saturated carbocycles. The standard InChI is InChI=1S/C30H37N7O8/c1-17-11-18-5-3-6-19(12-18)26(17)35-25(39)16-36-10-4-7-23(30(36)43)34-28(41)22(8-9-24(38)29(42)31-2)33-27(40)20-13-21(37(44)45)15-32-14-20/h4,7,10,13-15,17-19,22,26H,3,5-6,8-9,11-12,16H2,1-2H3,(H,31,42)(H,33,40)(H,34,41)(H,35,39). The van der Waals surface area contributed by atoms with Crippen LogP contribution in [0, 0.1) is 27.9 Å². The van der Waals surface area contributed by atoms with Crippen molar-refractivity contribution in [2.45, 2.75) is 70.5 Å². The number of Topliss-reactive ketones (excluding diaryl/α,β-unsaturated/α-hetero) is 1. The lowest BCUT2D eigenvalue weighted by atomic mass is 9.65. The van der Waals surface area contributed by atoms with Crippen LogP contribution in [0.2, 0.25) is 0 Å². The van der Waals surface area contributed by atoms with Gasteiger partial charge in [-0.15, -0.1) is 0 Å². The van der Waals surface area contributed by atoms with E-state index in [2.05, 4.69) is 33.2 Å². The third kappa shape index (κ3) is 8.37. The number of pyridine rings is 2. The summed E-state index contributed by atoms with van der Waals surface area (Å²) in [4.78, 5) is 90.3. The van der Waals surface area contributed by atoms with E-state index < -0.39 is 52.1 Å². The molecule has 45 heavy (non-hydrogen) atoms. The molecule has 2 aromatic rings. The van der Waals surface area contributed by atoms with Gasteiger partial charge in [-0.25, -0.2) is 0 Å². The first-order valence-electron chi connectivity index (χ1n) is 14.9. The minimum atomic E-state index is -1.42. The number of hydrogen-bond acceptors (Lipinski definition) is 9. The maximum atomic E-state index is 13.3. The van der Waals surface area contributed by atoms with Crippen LogP contribution in [0.15, 0.2) is 41.6 Å². The third-order valence-electron chi connectivity index (χ3n) is 8.53. The molecule has 0 aromatic carbocycles. The molecule has 5 unspecified atom stereocenters. The molecule has 4 rings (SSSR count). The summed E-state index contributed by atoms with van der Waals surface area (Å²) >= 11 is 0. The van der Waals surface area contributed by atoms with Gasteiger partial charge in [0.15, 0.2) is 0 Å². The topological polar surface area (TPSA) is 212 Å². The van der Waals surface area contributed by atoms with Gasteiger partial charge in [0.1, 0.15) is 24.5 Å². The van der Waals surface area contributed by atoms with Crippen molar-refractivity contribution >= 4 is 40.8 Å². The monoisotopic (exact) mass is 623 g/mol. The summed E-state index contributed by atoms with van der Waals surface area (Å²) in [5.74, 6) is -2.38. The summed E-state index contributed by atoms with van der Waals surface area (Å²) in [6.07, 6.45) is 8.30. The van der Waals surface area contributed by atoms with Gasteiger partial charge in [-0.05, 0) is 55.6 Å². The SMILES string of the molecule is CNC(=O)C(=O)CCC(NC(=O)c1cncc([N+](=O)[O-])c1)C(=O)Nc1cccn(CC(=O)NC2C(C)CC3CCCC2C3)c1=O. The number of hydrogen-bond donors (Lipinski definition) is 4. The Hall–Kier alpha value is -4.95.